The Labute approximate surface area is 170 Å². The molecule has 0 aliphatic rings. The predicted molar refractivity (Wildman–Crippen MR) is 112 cm³/mol. The number of aryl methyl sites for hydroxylation is 2. The van der Waals surface area contributed by atoms with Crippen LogP contribution in [0, 0.1) is 29.3 Å². The Balaban J connectivity index is 1.81. The lowest BCUT2D eigenvalue weighted by Gasteiger charge is -2.09. The van der Waals surface area contributed by atoms with Crippen molar-refractivity contribution in [3.05, 3.63) is 94.3 Å². The SMILES string of the molecule is CCCCc1ccc(-c2ccc(C#Cc3ccc(CC)c(F)c3)cc2)c(F)c1F. The summed E-state index contributed by atoms with van der Waals surface area (Å²) in [7, 11) is 0. The summed E-state index contributed by atoms with van der Waals surface area (Å²) in [6.45, 7) is 3.92. The zero-order chi connectivity index (χ0) is 20.8. The molecule has 0 spiro atoms. The fourth-order valence-electron chi connectivity index (χ4n) is 3.16. The normalized spacial score (nSPS) is 10.5. The molecule has 0 bridgehead atoms. The minimum absolute atomic E-state index is 0.236. The molecule has 0 aliphatic heterocycles. The molecule has 0 heterocycles. The van der Waals surface area contributed by atoms with Crippen LogP contribution in [0.4, 0.5) is 13.2 Å². The van der Waals surface area contributed by atoms with Gasteiger partial charge in [0, 0.05) is 16.7 Å². The molecule has 0 N–H and O–H groups in total. The Bertz CT molecular complexity index is 1050. The summed E-state index contributed by atoms with van der Waals surface area (Å²) in [6.07, 6.45) is 2.93. The molecule has 148 valence electrons. The largest absolute Gasteiger partial charge is 0.207 e. The maximum atomic E-state index is 14.5. The molecule has 3 aromatic carbocycles. The van der Waals surface area contributed by atoms with Gasteiger partial charge in [0.1, 0.15) is 5.82 Å². The third-order valence-electron chi connectivity index (χ3n) is 4.94. The zero-order valence-corrected chi connectivity index (χ0v) is 16.7. The lowest BCUT2D eigenvalue weighted by Crippen LogP contribution is -1.97. The quantitative estimate of drug-likeness (QED) is 0.407. The average Bonchev–Trinajstić information content (AvgIpc) is 2.74. The average molecular weight is 392 g/mol. The van der Waals surface area contributed by atoms with E-state index >= 15 is 0 Å². The zero-order valence-electron chi connectivity index (χ0n) is 16.7. The van der Waals surface area contributed by atoms with Gasteiger partial charge in [0.2, 0.25) is 0 Å². The third-order valence-corrected chi connectivity index (χ3v) is 4.94. The van der Waals surface area contributed by atoms with Crippen molar-refractivity contribution in [2.24, 2.45) is 0 Å². The Morgan fingerprint density at radius 1 is 0.724 bits per heavy atom. The summed E-state index contributed by atoms with van der Waals surface area (Å²) in [6, 6.07) is 15.2. The lowest BCUT2D eigenvalue weighted by molar-refractivity contribution is 0.499. The lowest BCUT2D eigenvalue weighted by atomic mass is 9.99. The second-order valence-electron chi connectivity index (χ2n) is 6.99. The molecule has 0 amide bonds. The van der Waals surface area contributed by atoms with E-state index in [0.29, 0.717) is 40.7 Å². The summed E-state index contributed by atoms with van der Waals surface area (Å²) >= 11 is 0. The van der Waals surface area contributed by atoms with Gasteiger partial charge in [0.25, 0.3) is 0 Å². The van der Waals surface area contributed by atoms with Crippen molar-refractivity contribution >= 4 is 0 Å². The van der Waals surface area contributed by atoms with Crippen LogP contribution in [0.25, 0.3) is 11.1 Å². The van der Waals surface area contributed by atoms with E-state index in [9.17, 15) is 13.2 Å². The highest BCUT2D eigenvalue weighted by atomic mass is 19.2. The number of unbranched alkanes of at least 4 members (excludes halogenated alkanes) is 1. The van der Waals surface area contributed by atoms with Crippen molar-refractivity contribution in [2.75, 3.05) is 0 Å². The van der Waals surface area contributed by atoms with Gasteiger partial charge in [-0.05, 0) is 60.2 Å². The van der Waals surface area contributed by atoms with Crippen LogP contribution in [-0.4, -0.2) is 0 Å². The van der Waals surface area contributed by atoms with E-state index in [-0.39, 0.29) is 11.4 Å². The molecule has 3 heteroatoms. The maximum Gasteiger partial charge on any atom is 0.166 e. The number of hydrogen-bond acceptors (Lipinski definition) is 0. The highest BCUT2D eigenvalue weighted by molar-refractivity contribution is 5.66. The van der Waals surface area contributed by atoms with E-state index in [4.69, 9.17) is 0 Å². The Morgan fingerprint density at radius 3 is 2.03 bits per heavy atom. The van der Waals surface area contributed by atoms with Gasteiger partial charge >= 0.3 is 0 Å². The Morgan fingerprint density at radius 2 is 1.38 bits per heavy atom. The molecule has 0 unspecified atom stereocenters. The van der Waals surface area contributed by atoms with Gasteiger partial charge in [0.15, 0.2) is 11.6 Å². The fourth-order valence-corrected chi connectivity index (χ4v) is 3.16. The van der Waals surface area contributed by atoms with Gasteiger partial charge in [-0.25, -0.2) is 13.2 Å². The molecule has 0 nitrogen and oxygen atoms in total. The van der Waals surface area contributed by atoms with Gasteiger partial charge < -0.3 is 0 Å². The van der Waals surface area contributed by atoms with E-state index in [1.807, 2.05) is 13.8 Å². The summed E-state index contributed by atoms with van der Waals surface area (Å²) < 4.78 is 42.7. The first kappa shape index (κ1) is 20.7. The molecule has 0 saturated carbocycles. The molecule has 3 aromatic rings. The molecular weight excluding hydrogens is 369 g/mol. The number of rotatable bonds is 5. The van der Waals surface area contributed by atoms with E-state index in [1.165, 1.54) is 6.07 Å². The number of halogens is 3. The maximum absolute atomic E-state index is 14.5. The molecule has 3 rings (SSSR count). The van der Waals surface area contributed by atoms with Crippen molar-refractivity contribution in [3.8, 4) is 23.0 Å². The van der Waals surface area contributed by atoms with Crippen LogP contribution in [0.1, 0.15) is 48.9 Å². The van der Waals surface area contributed by atoms with E-state index in [0.717, 1.165) is 12.8 Å². The van der Waals surface area contributed by atoms with Crippen LogP contribution in [-0.2, 0) is 12.8 Å². The van der Waals surface area contributed by atoms with Crippen molar-refractivity contribution in [3.63, 3.8) is 0 Å². The van der Waals surface area contributed by atoms with Crippen molar-refractivity contribution in [1.82, 2.24) is 0 Å². The molecule has 0 saturated heterocycles. The van der Waals surface area contributed by atoms with Crippen molar-refractivity contribution < 1.29 is 13.2 Å². The summed E-state index contributed by atoms with van der Waals surface area (Å²) in [5.41, 5.74) is 3.22. The predicted octanol–water partition coefficient (Wildman–Crippen LogP) is 7.08. The second-order valence-corrected chi connectivity index (χ2v) is 6.99. The van der Waals surface area contributed by atoms with Crippen LogP contribution in [0.2, 0.25) is 0 Å². The van der Waals surface area contributed by atoms with E-state index < -0.39 is 11.6 Å². The third kappa shape index (κ3) is 4.90. The van der Waals surface area contributed by atoms with Crippen molar-refractivity contribution in [1.29, 1.82) is 0 Å². The standard InChI is InChI=1S/C26H23F3/c1-3-5-6-22-15-16-23(26(29)25(22)28)21-13-9-18(10-14-21)7-8-19-11-12-20(4-2)24(27)17-19/h9-17H,3-6H2,1-2H3. The Hall–Kier alpha value is -2.99. The minimum Gasteiger partial charge on any atom is -0.207 e. The summed E-state index contributed by atoms with van der Waals surface area (Å²) in [4.78, 5) is 0. The minimum atomic E-state index is -0.816. The van der Waals surface area contributed by atoms with E-state index in [1.54, 1.807) is 48.5 Å². The van der Waals surface area contributed by atoms with Crippen LogP contribution in [0.5, 0.6) is 0 Å². The van der Waals surface area contributed by atoms with Gasteiger partial charge in [0.05, 0.1) is 0 Å². The van der Waals surface area contributed by atoms with Gasteiger partial charge in [-0.2, -0.15) is 0 Å². The van der Waals surface area contributed by atoms with Crippen LogP contribution >= 0.6 is 0 Å². The van der Waals surface area contributed by atoms with Crippen LogP contribution in [0.15, 0.2) is 54.6 Å². The highest BCUT2D eigenvalue weighted by Gasteiger charge is 2.14. The number of benzene rings is 3. The molecule has 29 heavy (non-hydrogen) atoms. The Kier molecular flexibility index (Phi) is 6.77. The van der Waals surface area contributed by atoms with Gasteiger partial charge in [-0.1, -0.05) is 62.4 Å². The molecule has 0 aromatic heterocycles. The van der Waals surface area contributed by atoms with E-state index in [2.05, 4.69) is 11.8 Å². The van der Waals surface area contributed by atoms with Crippen molar-refractivity contribution in [2.45, 2.75) is 39.5 Å². The van der Waals surface area contributed by atoms with Crippen LogP contribution < -0.4 is 0 Å². The fraction of sp³-hybridized carbons (Fsp3) is 0.231. The molecular formula is C26H23F3. The number of hydrogen-bond donors (Lipinski definition) is 0. The topological polar surface area (TPSA) is 0 Å². The highest BCUT2D eigenvalue weighted by Crippen LogP contribution is 2.27. The summed E-state index contributed by atoms with van der Waals surface area (Å²) in [5, 5.41) is 0. The second kappa shape index (κ2) is 9.47. The van der Waals surface area contributed by atoms with Crippen LogP contribution in [0.3, 0.4) is 0 Å². The molecule has 0 radical (unpaired) electrons. The van der Waals surface area contributed by atoms with Gasteiger partial charge in [-0.15, -0.1) is 0 Å². The monoisotopic (exact) mass is 392 g/mol. The molecule has 0 atom stereocenters. The summed E-state index contributed by atoms with van der Waals surface area (Å²) in [5.74, 6) is 4.08. The molecule has 0 aliphatic carbocycles. The first-order chi connectivity index (χ1) is 14.0. The smallest absolute Gasteiger partial charge is 0.166 e. The molecule has 0 fully saturated rings. The first-order valence-corrected chi connectivity index (χ1v) is 9.91. The first-order valence-electron chi connectivity index (χ1n) is 9.91. The van der Waals surface area contributed by atoms with Gasteiger partial charge in [-0.3, -0.25) is 0 Å².